The summed E-state index contributed by atoms with van der Waals surface area (Å²) in [6, 6.07) is 10.6. The summed E-state index contributed by atoms with van der Waals surface area (Å²) in [5.74, 6) is 2.34. The van der Waals surface area contributed by atoms with Crippen LogP contribution in [0.3, 0.4) is 0 Å². The molecule has 3 rings (SSSR count). The zero-order valence-electron chi connectivity index (χ0n) is 15.4. The lowest BCUT2D eigenvalue weighted by molar-refractivity contribution is 0.0463. The summed E-state index contributed by atoms with van der Waals surface area (Å²) < 4.78 is 21.6. The lowest BCUT2D eigenvalue weighted by Gasteiger charge is -2.13. The van der Waals surface area contributed by atoms with Gasteiger partial charge in [-0.05, 0) is 36.4 Å². The first-order valence-corrected chi connectivity index (χ1v) is 8.39. The van der Waals surface area contributed by atoms with Crippen molar-refractivity contribution >= 4 is 12.0 Å². The molecule has 142 valence electrons. The summed E-state index contributed by atoms with van der Waals surface area (Å²) in [4.78, 5) is 16.3. The second-order valence-corrected chi connectivity index (χ2v) is 5.88. The fourth-order valence-electron chi connectivity index (χ4n) is 2.76. The molecule has 7 heteroatoms. The molecule has 0 aromatic heterocycles. The molecule has 1 aliphatic heterocycles. The third-order valence-electron chi connectivity index (χ3n) is 4.20. The van der Waals surface area contributed by atoms with E-state index in [1.54, 1.807) is 32.4 Å². The van der Waals surface area contributed by atoms with Crippen molar-refractivity contribution in [1.82, 2.24) is 0 Å². The van der Waals surface area contributed by atoms with Gasteiger partial charge < -0.3 is 23.8 Å². The maximum Gasteiger partial charge on any atom is 0.167 e. The van der Waals surface area contributed by atoms with Crippen LogP contribution in [0.1, 0.15) is 22.3 Å². The van der Waals surface area contributed by atoms with Gasteiger partial charge >= 0.3 is 0 Å². The van der Waals surface area contributed by atoms with Gasteiger partial charge in [-0.2, -0.15) is 0 Å². The number of hydrogen-bond acceptors (Lipinski definition) is 7. The van der Waals surface area contributed by atoms with Crippen LogP contribution in [0.25, 0.3) is 0 Å². The van der Waals surface area contributed by atoms with E-state index in [1.165, 1.54) is 7.11 Å². The number of oxime groups is 1. The Morgan fingerprint density at radius 1 is 1.00 bits per heavy atom. The maximum atomic E-state index is 10.9. The number of methoxy groups -OCH3 is 3. The summed E-state index contributed by atoms with van der Waals surface area (Å²) in [5, 5.41) is 4.16. The van der Waals surface area contributed by atoms with Crippen LogP contribution in [0.4, 0.5) is 0 Å². The summed E-state index contributed by atoms with van der Waals surface area (Å²) in [6.07, 6.45) is 1.14. The van der Waals surface area contributed by atoms with Crippen LogP contribution in [0.15, 0.2) is 41.6 Å². The Kier molecular flexibility index (Phi) is 5.80. The Bertz CT molecular complexity index is 848. The van der Waals surface area contributed by atoms with Crippen molar-refractivity contribution in [3.63, 3.8) is 0 Å². The smallest absolute Gasteiger partial charge is 0.167 e. The van der Waals surface area contributed by atoms with Crippen molar-refractivity contribution in [2.45, 2.75) is 12.5 Å². The van der Waals surface area contributed by atoms with Gasteiger partial charge in [-0.15, -0.1) is 0 Å². The molecule has 0 aliphatic carbocycles. The molecule has 1 unspecified atom stereocenters. The van der Waals surface area contributed by atoms with Gasteiger partial charge in [0.05, 0.1) is 27.0 Å². The molecule has 0 N–H and O–H groups in total. The lowest BCUT2D eigenvalue weighted by Crippen LogP contribution is -2.18. The average molecular weight is 371 g/mol. The van der Waals surface area contributed by atoms with Crippen LogP contribution in [0, 0.1) is 0 Å². The zero-order valence-corrected chi connectivity index (χ0v) is 15.4. The Hall–Kier alpha value is -3.22. The summed E-state index contributed by atoms with van der Waals surface area (Å²) in [7, 11) is 4.71. The molecule has 1 heterocycles. The van der Waals surface area contributed by atoms with Gasteiger partial charge in [-0.3, -0.25) is 4.79 Å². The van der Waals surface area contributed by atoms with Crippen molar-refractivity contribution in [3.8, 4) is 23.0 Å². The molecule has 0 bridgehead atoms. The van der Waals surface area contributed by atoms with Crippen molar-refractivity contribution in [2.75, 3.05) is 27.9 Å². The molecular formula is C20H21NO6. The monoisotopic (exact) mass is 371 g/mol. The van der Waals surface area contributed by atoms with Gasteiger partial charge in [0.25, 0.3) is 0 Å². The van der Waals surface area contributed by atoms with E-state index in [9.17, 15) is 4.79 Å². The van der Waals surface area contributed by atoms with Crippen LogP contribution in [0.5, 0.6) is 23.0 Å². The molecule has 27 heavy (non-hydrogen) atoms. The second-order valence-electron chi connectivity index (χ2n) is 5.88. The highest BCUT2D eigenvalue weighted by atomic mass is 16.7. The molecule has 1 aliphatic rings. The molecule has 0 saturated carbocycles. The van der Waals surface area contributed by atoms with Crippen LogP contribution >= 0.6 is 0 Å². The van der Waals surface area contributed by atoms with Gasteiger partial charge in [0.15, 0.2) is 29.1 Å². The number of carbonyl (C=O) groups excluding carboxylic acids is 1. The molecule has 2 aromatic rings. The molecule has 1 atom stereocenters. The predicted molar refractivity (Wildman–Crippen MR) is 99.4 cm³/mol. The summed E-state index contributed by atoms with van der Waals surface area (Å²) in [5.41, 5.74) is 2.24. The fourth-order valence-corrected chi connectivity index (χ4v) is 2.76. The molecule has 0 radical (unpaired) electrons. The van der Waals surface area contributed by atoms with E-state index in [0.717, 1.165) is 17.6 Å². The number of aldehydes is 1. The first kappa shape index (κ1) is 18.6. The highest BCUT2D eigenvalue weighted by molar-refractivity contribution is 6.01. The highest BCUT2D eigenvalue weighted by Gasteiger charge is 2.24. The minimum Gasteiger partial charge on any atom is -0.493 e. The van der Waals surface area contributed by atoms with Crippen molar-refractivity contribution < 1.29 is 28.6 Å². The largest absolute Gasteiger partial charge is 0.493 e. The van der Waals surface area contributed by atoms with E-state index < -0.39 is 0 Å². The highest BCUT2D eigenvalue weighted by Crippen LogP contribution is 2.31. The van der Waals surface area contributed by atoms with Crippen LogP contribution in [-0.4, -0.2) is 46.0 Å². The summed E-state index contributed by atoms with van der Waals surface area (Å²) in [6.45, 7) is 0.303. The minimum atomic E-state index is -0.219. The predicted octanol–water partition coefficient (Wildman–Crippen LogP) is 3.10. The van der Waals surface area contributed by atoms with E-state index in [1.807, 2.05) is 18.2 Å². The Balaban J connectivity index is 1.62. The number of ether oxygens (including phenoxy) is 4. The van der Waals surface area contributed by atoms with Crippen molar-refractivity contribution in [3.05, 3.63) is 47.5 Å². The van der Waals surface area contributed by atoms with Gasteiger partial charge in [0.2, 0.25) is 0 Å². The Morgan fingerprint density at radius 3 is 2.41 bits per heavy atom. The number of hydrogen-bond donors (Lipinski definition) is 0. The third-order valence-corrected chi connectivity index (χ3v) is 4.20. The van der Waals surface area contributed by atoms with E-state index in [4.69, 9.17) is 23.8 Å². The second kappa shape index (κ2) is 8.44. The third kappa shape index (κ3) is 4.13. The molecule has 0 spiro atoms. The normalized spacial score (nSPS) is 15.5. The zero-order chi connectivity index (χ0) is 19.2. The average Bonchev–Trinajstić information content (AvgIpc) is 3.20. The SMILES string of the molecule is COc1ccc(C2=NOC(COc3ccc(C=O)cc3OC)C2)cc1OC. The number of rotatable bonds is 8. The van der Waals surface area contributed by atoms with Crippen molar-refractivity contribution in [2.24, 2.45) is 5.16 Å². The van der Waals surface area contributed by atoms with Crippen molar-refractivity contribution in [1.29, 1.82) is 0 Å². The minimum absolute atomic E-state index is 0.219. The van der Waals surface area contributed by atoms with Gasteiger partial charge in [0.1, 0.15) is 12.9 Å². The molecular weight excluding hydrogens is 350 g/mol. The van der Waals surface area contributed by atoms with E-state index >= 15 is 0 Å². The molecule has 2 aromatic carbocycles. The number of carbonyl (C=O) groups is 1. The van der Waals surface area contributed by atoms with Crippen LogP contribution in [-0.2, 0) is 4.84 Å². The van der Waals surface area contributed by atoms with E-state index in [2.05, 4.69) is 5.16 Å². The quantitative estimate of drug-likeness (QED) is 0.664. The molecule has 0 saturated heterocycles. The fraction of sp³-hybridized carbons (Fsp3) is 0.300. The number of nitrogens with zero attached hydrogens (tertiary/aromatic N) is 1. The summed E-state index contributed by atoms with van der Waals surface area (Å²) >= 11 is 0. The van der Waals surface area contributed by atoms with Crippen LogP contribution < -0.4 is 18.9 Å². The van der Waals surface area contributed by atoms with Gasteiger partial charge in [-0.1, -0.05) is 5.16 Å². The maximum absolute atomic E-state index is 10.9. The first-order valence-electron chi connectivity index (χ1n) is 8.39. The Labute approximate surface area is 157 Å². The van der Waals surface area contributed by atoms with E-state index in [0.29, 0.717) is 41.6 Å². The first-order chi connectivity index (χ1) is 13.2. The van der Waals surface area contributed by atoms with E-state index in [-0.39, 0.29) is 6.10 Å². The van der Waals surface area contributed by atoms with Gasteiger partial charge in [-0.25, -0.2) is 0 Å². The molecule has 0 amide bonds. The molecule has 0 fully saturated rings. The lowest BCUT2D eigenvalue weighted by atomic mass is 10.0. The Morgan fingerprint density at radius 2 is 1.70 bits per heavy atom. The van der Waals surface area contributed by atoms with Crippen LogP contribution in [0.2, 0.25) is 0 Å². The number of benzene rings is 2. The standard InChI is InChI=1S/C20H21NO6/c1-23-17-7-5-14(9-20(17)25-3)16-10-15(27-21-16)12-26-18-6-4-13(11-22)8-19(18)24-2/h4-9,11,15H,10,12H2,1-3H3. The van der Waals surface area contributed by atoms with Gasteiger partial charge in [0, 0.05) is 17.5 Å². The topological polar surface area (TPSA) is 75.6 Å². The molecule has 7 nitrogen and oxygen atoms in total.